The van der Waals surface area contributed by atoms with Gasteiger partial charge >= 0.3 is 0 Å². The summed E-state index contributed by atoms with van der Waals surface area (Å²) in [5, 5.41) is 3.21. The van der Waals surface area contributed by atoms with Crippen LogP contribution in [-0.4, -0.2) is 36.6 Å². The molecule has 1 aliphatic carbocycles. The molecule has 1 fully saturated rings. The molecule has 0 radical (unpaired) electrons. The smallest absolute Gasteiger partial charge is 0.243 e. The maximum atomic E-state index is 13.1. The van der Waals surface area contributed by atoms with Crippen LogP contribution in [0, 0.1) is 5.92 Å². The first-order valence-electron chi connectivity index (χ1n) is 10.3. The lowest BCUT2D eigenvalue weighted by Crippen LogP contribution is -2.54. The SMILES string of the molecule is CC(=O)N1c2ccccc2C[C@H]1C(=O)N[C@H]1CCCC[C@@H]1OCCC(C)C. The van der Waals surface area contributed by atoms with Crippen LogP contribution in [-0.2, 0) is 20.7 Å². The van der Waals surface area contributed by atoms with E-state index in [2.05, 4.69) is 19.2 Å². The lowest BCUT2D eigenvalue weighted by molar-refractivity contribution is -0.127. The highest BCUT2D eigenvalue weighted by molar-refractivity contribution is 6.02. The zero-order valence-electron chi connectivity index (χ0n) is 16.7. The number of hydrogen-bond donors (Lipinski definition) is 1. The van der Waals surface area contributed by atoms with Crippen molar-refractivity contribution in [3.05, 3.63) is 29.8 Å². The maximum absolute atomic E-state index is 13.1. The first kappa shape index (κ1) is 19.9. The Kier molecular flexibility index (Phi) is 6.53. The molecule has 2 aliphatic rings. The van der Waals surface area contributed by atoms with Crippen LogP contribution < -0.4 is 10.2 Å². The van der Waals surface area contributed by atoms with Crippen molar-refractivity contribution in [3.63, 3.8) is 0 Å². The van der Waals surface area contributed by atoms with E-state index in [-0.39, 0.29) is 24.0 Å². The van der Waals surface area contributed by atoms with E-state index in [4.69, 9.17) is 4.74 Å². The van der Waals surface area contributed by atoms with Crippen LogP contribution in [0.1, 0.15) is 58.4 Å². The van der Waals surface area contributed by atoms with Crippen LogP contribution in [0.25, 0.3) is 0 Å². The molecule has 148 valence electrons. The molecule has 0 spiro atoms. The number of carbonyl (C=O) groups is 2. The molecule has 5 nitrogen and oxygen atoms in total. The Labute approximate surface area is 162 Å². The molecular weight excluding hydrogens is 340 g/mol. The Hall–Kier alpha value is -1.88. The van der Waals surface area contributed by atoms with Crippen molar-refractivity contribution < 1.29 is 14.3 Å². The van der Waals surface area contributed by atoms with Crippen molar-refractivity contribution in [2.24, 2.45) is 5.92 Å². The Bertz CT molecular complexity index is 673. The van der Waals surface area contributed by atoms with E-state index in [0.29, 0.717) is 12.3 Å². The summed E-state index contributed by atoms with van der Waals surface area (Å²) < 4.78 is 6.11. The predicted octanol–water partition coefficient (Wildman–Crippen LogP) is 3.45. The molecule has 1 aromatic rings. The maximum Gasteiger partial charge on any atom is 0.243 e. The van der Waals surface area contributed by atoms with Gasteiger partial charge in [-0.3, -0.25) is 14.5 Å². The largest absolute Gasteiger partial charge is 0.376 e. The van der Waals surface area contributed by atoms with E-state index >= 15 is 0 Å². The number of amides is 2. The van der Waals surface area contributed by atoms with Gasteiger partial charge in [-0.15, -0.1) is 0 Å². The summed E-state index contributed by atoms with van der Waals surface area (Å²) in [7, 11) is 0. The second-order valence-corrected chi connectivity index (χ2v) is 8.23. The number of anilines is 1. The van der Waals surface area contributed by atoms with Gasteiger partial charge in [0, 0.05) is 25.6 Å². The number of carbonyl (C=O) groups excluding carboxylic acids is 2. The van der Waals surface area contributed by atoms with Gasteiger partial charge in [0.15, 0.2) is 0 Å². The summed E-state index contributed by atoms with van der Waals surface area (Å²) in [5.41, 5.74) is 1.92. The summed E-state index contributed by atoms with van der Waals surface area (Å²) in [5.74, 6) is 0.460. The van der Waals surface area contributed by atoms with Gasteiger partial charge in [-0.25, -0.2) is 0 Å². The quantitative estimate of drug-likeness (QED) is 0.832. The Balaban J connectivity index is 1.65. The van der Waals surface area contributed by atoms with E-state index in [1.165, 1.54) is 6.92 Å². The molecule has 0 aromatic heterocycles. The molecule has 1 N–H and O–H groups in total. The predicted molar refractivity (Wildman–Crippen MR) is 107 cm³/mol. The fraction of sp³-hybridized carbons (Fsp3) is 0.636. The highest BCUT2D eigenvalue weighted by Crippen LogP contribution is 2.32. The van der Waals surface area contributed by atoms with Crippen molar-refractivity contribution in [1.82, 2.24) is 5.32 Å². The molecule has 0 saturated heterocycles. The normalized spacial score (nSPS) is 24.7. The second kappa shape index (κ2) is 8.87. The molecule has 1 saturated carbocycles. The molecule has 1 aliphatic heterocycles. The van der Waals surface area contributed by atoms with Crippen molar-refractivity contribution in [2.45, 2.75) is 77.5 Å². The van der Waals surface area contributed by atoms with Crippen LogP contribution in [0.5, 0.6) is 0 Å². The van der Waals surface area contributed by atoms with Crippen LogP contribution in [0.15, 0.2) is 24.3 Å². The fourth-order valence-electron chi connectivity index (χ4n) is 4.18. The van der Waals surface area contributed by atoms with Crippen LogP contribution in [0.2, 0.25) is 0 Å². The minimum absolute atomic E-state index is 0.0379. The van der Waals surface area contributed by atoms with E-state index < -0.39 is 6.04 Å². The number of rotatable bonds is 6. The summed E-state index contributed by atoms with van der Waals surface area (Å²) in [6.07, 6.45) is 5.88. The molecular formula is C22H32N2O3. The minimum Gasteiger partial charge on any atom is -0.376 e. The summed E-state index contributed by atoms with van der Waals surface area (Å²) in [6.45, 7) is 6.65. The first-order valence-corrected chi connectivity index (χ1v) is 10.3. The van der Waals surface area contributed by atoms with Gasteiger partial charge in [0.2, 0.25) is 11.8 Å². The van der Waals surface area contributed by atoms with Gasteiger partial charge in [0.05, 0.1) is 12.1 Å². The Morgan fingerprint density at radius 2 is 1.96 bits per heavy atom. The molecule has 3 atom stereocenters. The zero-order valence-corrected chi connectivity index (χ0v) is 16.7. The number of para-hydroxylation sites is 1. The van der Waals surface area contributed by atoms with E-state index in [1.807, 2.05) is 24.3 Å². The molecule has 1 heterocycles. The van der Waals surface area contributed by atoms with E-state index in [1.54, 1.807) is 4.90 Å². The van der Waals surface area contributed by atoms with Crippen LogP contribution >= 0.6 is 0 Å². The van der Waals surface area contributed by atoms with Crippen molar-refractivity contribution in [1.29, 1.82) is 0 Å². The average molecular weight is 373 g/mol. The van der Waals surface area contributed by atoms with Crippen molar-refractivity contribution in [3.8, 4) is 0 Å². The number of nitrogens with one attached hydrogen (secondary N) is 1. The van der Waals surface area contributed by atoms with Gasteiger partial charge in [-0.1, -0.05) is 44.9 Å². The number of ether oxygens (including phenoxy) is 1. The van der Waals surface area contributed by atoms with Crippen LogP contribution in [0.3, 0.4) is 0 Å². The third-order valence-electron chi connectivity index (χ3n) is 5.68. The van der Waals surface area contributed by atoms with Gasteiger partial charge in [0.1, 0.15) is 6.04 Å². The zero-order chi connectivity index (χ0) is 19.4. The lowest BCUT2D eigenvalue weighted by atomic mass is 9.92. The van der Waals surface area contributed by atoms with Crippen molar-refractivity contribution in [2.75, 3.05) is 11.5 Å². The molecule has 0 unspecified atom stereocenters. The topological polar surface area (TPSA) is 58.6 Å². The lowest BCUT2D eigenvalue weighted by Gasteiger charge is -2.34. The fourth-order valence-corrected chi connectivity index (χ4v) is 4.18. The Morgan fingerprint density at radius 1 is 1.22 bits per heavy atom. The third-order valence-corrected chi connectivity index (χ3v) is 5.68. The highest BCUT2D eigenvalue weighted by Gasteiger charge is 2.38. The summed E-state index contributed by atoms with van der Waals surface area (Å²) in [4.78, 5) is 26.9. The molecule has 27 heavy (non-hydrogen) atoms. The van der Waals surface area contributed by atoms with E-state index in [9.17, 15) is 9.59 Å². The van der Waals surface area contributed by atoms with Gasteiger partial charge in [-0.2, -0.15) is 0 Å². The number of hydrogen-bond acceptors (Lipinski definition) is 3. The molecule has 2 amide bonds. The molecule has 5 heteroatoms. The third kappa shape index (κ3) is 4.70. The van der Waals surface area contributed by atoms with Crippen molar-refractivity contribution >= 4 is 17.5 Å². The van der Waals surface area contributed by atoms with Gasteiger partial charge in [0.25, 0.3) is 0 Å². The molecule has 0 bridgehead atoms. The second-order valence-electron chi connectivity index (χ2n) is 8.23. The number of nitrogens with zero attached hydrogens (tertiary/aromatic N) is 1. The van der Waals surface area contributed by atoms with Crippen LogP contribution in [0.4, 0.5) is 5.69 Å². The average Bonchev–Trinajstić information content (AvgIpc) is 3.03. The number of benzene rings is 1. The highest BCUT2D eigenvalue weighted by atomic mass is 16.5. The van der Waals surface area contributed by atoms with Gasteiger partial charge in [-0.05, 0) is 36.8 Å². The molecule has 1 aromatic carbocycles. The monoisotopic (exact) mass is 372 g/mol. The van der Waals surface area contributed by atoms with E-state index in [0.717, 1.165) is 50.0 Å². The summed E-state index contributed by atoms with van der Waals surface area (Å²) in [6, 6.07) is 7.36. The first-order chi connectivity index (χ1) is 13.0. The molecule has 3 rings (SSSR count). The Morgan fingerprint density at radius 3 is 2.70 bits per heavy atom. The standard InChI is InChI=1S/C22H32N2O3/c1-15(2)12-13-27-21-11-7-5-9-18(21)23-22(26)20-14-17-8-4-6-10-19(17)24(20)16(3)25/h4,6,8,10,15,18,20-21H,5,7,9,11-14H2,1-3H3,(H,23,26)/t18-,20-,21-/m0/s1. The van der Waals surface area contributed by atoms with Gasteiger partial charge < -0.3 is 10.1 Å². The minimum atomic E-state index is -0.460. The summed E-state index contributed by atoms with van der Waals surface area (Å²) >= 11 is 0. The number of fused-ring (bicyclic) bond motifs is 1.